The summed E-state index contributed by atoms with van der Waals surface area (Å²) in [7, 11) is 0. The highest BCUT2D eigenvalue weighted by atomic mass is 32.2. The van der Waals surface area contributed by atoms with Crippen molar-refractivity contribution in [2.24, 2.45) is 0 Å². The summed E-state index contributed by atoms with van der Waals surface area (Å²) in [5.74, 6) is 0. The van der Waals surface area contributed by atoms with Crippen molar-refractivity contribution >= 4 is 11.8 Å². The molecule has 1 heterocycles. The van der Waals surface area contributed by atoms with E-state index in [0.29, 0.717) is 6.04 Å². The molecule has 0 aliphatic carbocycles. The first-order valence-corrected chi connectivity index (χ1v) is 7.44. The van der Waals surface area contributed by atoms with Crippen LogP contribution in [0.5, 0.6) is 0 Å². The van der Waals surface area contributed by atoms with Crippen LogP contribution in [0.15, 0.2) is 52.5 Å². The van der Waals surface area contributed by atoms with Crippen LogP contribution in [-0.2, 0) is 0 Å². The molecule has 1 atom stereocenters. The highest BCUT2D eigenvalue weighted by Crippen LogP contribution is 2.28. The summed E-state index contributed by atoms with van der Waals surface area (Å²) >= 11 is 1.71. The summed E-state index contributed by atoms with van der Waals surface area (Å²) in [6, 6.07) is 13.1. The summed E-state index contributed by atoms with van der Waals surface area (Å²) in [5.41, 5.74) is 2.56. The van der Waals surface area contributed by atoms with Crippen LogP contribution in [0.25, 0.3) is 0 Å². The Kier molecular flexibility index (Phi) is 5.00. The van der Waals surface area contributed by atoms with Gasteiger partial charge in [0.05, 0.1) is 0 Å². The van der Waals surface area contributed by atoms with Crippen LogP contribution in [0.2, 0.25) is 0 Å². The second-order valence-corrected chi connectivity index (χ2v) is 5.72. The van der Waals surface area contributed by atoms with Crippen LogP contribution in [0, 0.1) is 6.92 Å². The van der Waals surface area contributed by atoms with E-state index in [4.69, 9.17) is 0 Å². The third-order valence-corrected chi connectivity index (χ3v) is 3.90. The molecule has 0 amide bonds. The van der Waals surface area contributed by atoms with E-state index in [1.807, 2.05) is 6.20 Å². The van der Waals surface area contributed by atoms with Gasteiger partial charge in [0.1, 0.15) is 5.03 Å². The van der Waals surface area contributed by atoms with Gasteiger partial charge >= 0.3 is 0 Å². The molecule has 3 heteroatoms. The van der Waals surface area contributed by atoms with E-state index < -0.39 is 0 Å². The largest absolute Gasteiger partial charge is 0.310 e. The molecule has 0 saturated heterocycles. The number of nitrogens with one attached hydrogen (secondary N) is 1. The Morgan fingerprint density at radius 2 is 2.11 bits per heavy atom. The first-order valence-electron chi connectivity index (χ1n) is 6.63. The van der Waals surface area contributed by atoms with E-state index in [9.17, 15) is 0 Å². The van der Waals surface area contributed by atoms with E-state index in [0.717, 1.165) is 11.6 Å². The van der Waals surface area contributed by atoms with Gasteiger partial charge in [-0.25, -0.2) is 4.98 Å². The van der Waals surface area contributed by atoms with Gasteiger partial charge in [-0.1, -0.05) is 36.4 Å². The number of nitrogens with zero attached hydrogens (tertiary/aromatic N) is 1. The zero-order valence-electron chi connectivity index (χ0n) is 11.7. The topological polar surface area (TPSA) is 24.9 Å². The number of rotatable bonds is 5. The molecule has 100 valence electrons. The van der Waals surface area contributed by atoms with Crippen molar-refractivity contribution in [2.45, 2.75) is 36.7 Å². The lowest BCUT2D eigenvalue weighted by atomic mass is 10.1. The molecule has 1 unspecified atom stereocenters. The minimum Gasteiger partial charge on any atom is -0.310 e. The fourth-order valence-corrected chi connectivity index (χ4v) is 2.92. The number of aromatic nitrogens is 1. The van der Waals surface area contributed by atoms with Gasteiger partial charge in [-0.3, -0.25) is 0 Å². The number of aryl methyl sites for hydroxylation is 1. The number of hydrogen-bond acceptors (Lipinski definition) is 3. The Balaban J connectivity index is 2.15. The fourth-order valence-electron chi connectivity index (χ4n) is 1.97. The molecule has 2 aromatic rings. The zero-order chi connectivity index (χ0) is 13.7. The SMILES string of the molecule is CCNC(C)c1ccnc(Sc2cccc(C)c2)c1. The van der Waals surface area contributed by atoms with Gasteiger partial charge in [-0.15, -0.1) is 0 Å². The highest BCUT2D eigenvalue weighted by Gasteiger charge is 2.06. The van der Waals surface area contributed by atoms with Crippen molar-refractivity contribution < 1.29 is 0 Å². The monoisotopic (exact) mass is 272 g/mol. The number of hydrogen-bond donors (Lipinski definition) is 1. The van der Waals surface area contributed by atoms with Crippen molar-refractivity contribution in [3.8, 4) is 0 Å². The summed E-state index contributed by atoms with van der Waals surface area (Å²) in [4.78, 5) is 5.68. The lowest BCUT2D eigenvalue weighted by molar-refractivity contribution is 0.596. The van der Waals surface area contributed by atoms with Crippen LogP contribution in [0.4, 0.5) is 0 Å². The standard InChI is InChI=1S/C16H20N2S/c1-4-17-13(3)14-8-9-18-16(11-14)19-15-7-5-6-12(2)10-15/h5-11,13,17H,4H2,1-3H3. The summed E-state index contributed by atoms with van der Waals surface area (Å²) in [5, 5.41) is 4.47. The van der Waals surface area contributed by atoms with E-state index >= 15 is 0 Å². The molecule has 1 aromatic heterocycles. The van der Waals surface area contributed by atoms with E-state index in [1.165, 1.54) is 16.0 Å². The Morgan fingerprint density at radius 3 is 2.84 bits per heavy atom. The smallest absolute Gasteiger partial charge is 0.101 e. The van der Waals surface area contributed by atoms with E-state index in [2.05, 4.69) is 67.5 Å². The van der Waals surface area contributed by atoms with Crippen LogP contribution in [0.1, 0.15) is 31.0 Å². The van der Waals surface area contributed by atoms with E-state index in [-0.39, 0.29) is 0 Å². The molecule has 0 aliphatic rings. The molecule has 0 aliphatic heterocycles. The molecule has 0 fully saturated rings. The lowest BCUT2D eigenvalue weighted by Gasteiger charge is -2.13. The quantitative estimate of drug-likeness (QED) is 0.882. The van der Waals surface area contributed by atoms with Gasteiger partial charge in [-0.05, 0) is 50.2 Å². The molecule has 0 bridgehead atoms. The van der Waals surface area contributed by atoms with E-state index in [1.54, 1.807) is 11.8 Å². The Labute approximate surface area is 119 Å². The second-order valence-electron chi connectivity index (χ2n) is 4.63. The second kappa shape index (κ2) is 6.73. The normalized spacial score (nSPS) is 12.4. The van der Waals surface area contributed by atoms with Crippen LogP contribution in [-0.4, -0.2) is 11.5 Å². The maximum absolute atomic E-state index is 4.44. The van der Waals surface area contributed by atoms with Crippen molar-refractivity contribution in [1.82, 2.24) is 10.3 Å². The van der Waals surface area contributed by atoms with Crippen molar-refractivity contribution in [2.75, 3.05) is 6.54 Å². The minimum absolute atomic E-state index is 0.366. The third-order valence-electron chi connectivity index (χ3n) is 2.98. The average Bonchev–Trinajstić information content (AvgIpc) is 2.39. The highest BCUT2D eigenvalue weighted by molar-refractivity contribution is 7.99. The summed E-state index contributed by atoms with van der Waals surface area (Å²) in [6.45, 7) is 7.39. The predicted molar refractivity (Wildman–Crippen MR) is 81.6 cm³/mol. The molecule has 1 N–H and O–H groups in total. The fraction of sp³-hybridized carbons (Fsp3) is 0.312. The summed E-state index contributed by atoms with van der Waals surface area (Å²) < 4.78 is 0. The Bertz CT molecular complexity index is 540. The van der Waals surface area contributed by atoms with Crippen molar-refractivity contribution in [1.29, 1.82) is 0 Å². The van der Waals surface area contributed by atoms with Crippen LogP contribution in [0.3, 0.4) is 0 Å². The number of benzene rings is 1. The van der Waals surface area contributed by atoms with Crippen LogP contribution < -0.4 is 5.32 Å². The Hall–Kier alpha value is -1.32. The van der Waals surface area contributed by atoms with Gasteiger partial charge in [0.2, 0.25) is 0 Å². The molecule has 1 aromatic carbocycles. The zero-order valence-corrected chi connectivity index (χ0v) is 12.5. The van der Waals surface area contributed by atoms with Crippen LogP contribution >= 0.6 is 11.8 Å². The molecule has 2 rings (SSSR count). The van der Waals surface area contributed by atoms with Gasteiger partial charge in [0.15, 0.2) is 0 Å². The minimum atomic E-state index is 0.366. The first kappa shape index (κ1) is 14.1. The van der Waals surface area contributed by atoms with Crippen molar-refractivity contribution in [3.05, 3.63) is 53.7 Å². The third kappa shape index (κ3) is 4.08. The van der Waals surface area contributed by atoms with Gasteiger partial charge in [-0.2, -0.15) is 0 Å². The molecular weight excluding hydrogens is 252 g/mol. The molecule has 0 radical (unpaired) electrons. The maximum Gasteiger partial charge on any atom is 0.101 e. The molecular formula is C16H20N2S. The molecule has 0 spiro atoms. The molecule has 2 nitrogen and oxygen atoms in total. The van der Waals surface area contributed by atoms with Gasteiger partial charge in [0, 0.05) is 17.1 Å². The predicted octanol–water partition coefficient (Wildman–Crippen LogP) is 4.21. The first-order chi connectivity index (χ1) is 9.19. The number of pyridine rings is 1. The van der Waals surface area contributed by atoms with Gasteiger partial charge < -0.3 is 5.32 Å². The lowest BCUT2D eigenvalue weighted by Crippen LogP contribution is -2.17. The van der Waals surface area contributed by atoms with Crippen molar-refractivity contribution in [3.63, 3.8) is 0 Å². The molecule has 19 heavy (non-hydrogen) atoms. The van der Waals surface area contributed by atoms with Gasteiger partial charge in [0.25, 0.3) is 0 Å². The Morgan fingerprint density at radius 1 is 1.26 bits per heavy atom. The molecule has 0 saturated carbocycles. The maximum atomic E-state index is 4.44. The summed E-state index contributed by atoms with van der Waals surface area (Å²) in [6.07, 6.45) is 1.89. The average molecular weight is 272 g/mol.